The third-order valence-electron chi connectivity index (χ3n) is 5.10. The summed E-state index contributed by atoms with van der Waals surface area (Å²) in [4.78, 5) is 34.9. The molecule has 0 aromatic heterocycles. The third kappa shape index (κ3) is 6.12. The molecule has 2 amide bonds. The number of sulfonamides is 1. The monoisotopic (exact) mass is 476 g/mol. The van der Waals surface area contributed by atoms with E-state index in [1.54, 1.807) is 19.1 Å². The molecule has 11 nitrogen and oxygen atoms in total. The zero-order valence-electron chi connectivity index (χ0n) is 17.9. The second-order valence-electron chi connectivity index (χ2n) is 7.38. The first-order chi connectivity index (χ1) is 15.7. The summed E-state index contributed by atoms with van der Waals surface area (Å²) >= 11 is 0. The van der Waals surface area contributed by atoms with Gasteiger partial charge in [-0.05, 0) is 30.7 Å². The fourth-order valence-corrected chi connectivity index (χ4v) is 4.60. The van der Waals surface area contributed by atoms with Crippen LogP contribution in [0.2, 0.25) is 0 Å². The molecule has 3 rings (SSSR count). The van der Waals surface area contributed by atoms with Gasteiger partial charge in [-0.1, -0.05) is 18.2 Å². The van der Waals surface area contributed by atoms with Crippen molar-refractivity contribution >= 4 is 27.5 Å². The largest absolute Gasteiger partial charge is 0.379 e. The molecule has 2 N–H and O–H groups in total. The maximum Gasteiger partial charge on any atom is 0.273 e. The van der Waals surface area contributed by atoms with Gasteiger partial charge in [-0.25, -0.2) is 8.42 Å². The van der Waals surface area contributed by atoms with Gasteiger partial charge >= 0.3 is 0 Å². The lowest BCUT2D eigenvalue weighted by atomic mass is 10.1. The highest BCUT2D eigenvalue weighted by Gasteiger charge is 2.26. The van der Waals surface area contributed by atoms with Gasteiger partial charge in [0.05, 0.1) is 29.6 Å². The van der Waals surface area contributed by atoms with E-state index >= 15 is 0 Å². The average Bonchev–Trinajstić information content (AvgIpc) is 2.82. The van der Waals surface area contributed by atoms with Crippen LogP contribution in [0.3, 0.4) is 0 Å². The van der Waals surface area contributed by atoms with Gasteiger partial charge in [0.15, 0.2) is 0 Å². The number of aryl methyl sites for hydroxylation is 1. The number of benzene rings is 2. The molecule has 176 valence electrons. The van der Waals surface area contributed by atoms with Crippen molar-refractivity contribution in [3.63, 3.8) is 0 Å². The van der Waals surface area contributed by atoms with E-state index in [1.165, 1.54) is 28.6 Å². The van der Waals surface area contributed by atoms with Crippen LogP contribution in [0, 0.1) is 17.0 Å². The van der Waals surface area contributed by atoms with Crippen molar-refractivity contribution in [1.82, 2.24) is 14.9 Å². The summed E-state index contributed by atoms with van der Waals surface area (Å²) in [7, 11) is -3.59. The number of hydrogen-bond acceptors (Lipinski definition) is 7. The van der Waals surface area contributed by atoms with Gasteiger partial charge < -0.3 is 15.4 Å². The number of nitro groups is 1. The standard InChI is InChI=1S/C21H24N4O7S/c1-15-2-5-17(12-19(15)25(28)29)21(27)23-14-20(26)22-13-16-3-6-18(7-4-16)33(30,31)24-8-10-32-11-9-24/h2-7,12H,8-11,13-14H2,1H3,(H,22,26)(H,23,27). The maximum atomic E-state index is 12.6. The number of nitrogens with one attached hydrogen (secondary N) is 2. The van der Waals surface area contributed by atoms with Crippen molar-refractivity contribution in [3.05, 3.63) is 69.3 Å². The van der Waals surface area contributed by atoms with Crippen LogP contribution in [0.15, 0.2) is 47.4 Å². The van der Waals surface area contributed by atoms with Gasteiger partial charge in [0.2, 0.25) is 15.9 Å². The number of ether oxygens (including phenoxy) is 1. The van der Waals surface area contributed by atoms with Crippen LogP contribution in [-0.4, -0.2) is 62.3 Å². The minimum absolute atomic E-state index is 0.0807. The number of nitro benzene ring substituents is 1. The highest BCUT2D eigenvalue weighted by atomic mass is 32.2. The molecule has 0 saturated carbocycles. The van der Waals surface area contributed by atoms with Crippen molar-refractivity contribution in [2.75, 3.05) is 32.8 Å². The van der Waals surface area contributed by atoms with Gasteiger partial charge in [-0.15, -0.1) is 0 Å². The van der Waals surface area contributed by atoms with E-state index in [2.05, 4.69) is 10.6 Å². The molecule has 1 aliphatic heterocycles. The Kier molecular flexibility index (Phi) is 7.74. The molecule has 0 radical (unpaired) electrons. The van der Waals surface area contributed by atoms with Crippen molar-refractivity contribution < 1.29 is 27.7 Å². The van der Waals surface area contributed by atoms with Crippen molar-refractivity contribution in [1.29, 1.82) is 0 Å². The van der Waals surface area contributed by atoms with Crippen LogP contribution < -0.4 is 10.6 Å². The van der Waals surface area contributed by atoms with Crippen LogP contribution in [0.5, 0.6) is 0 Å². The predicted octanol–water partition coefficient (Wildman–Crippen LogP) is 0.970. The van der Waals surface area contributed by atoms with Crippen molar-refractivity contribution in [3.8, 4) is 0 Å². The van der Waals surface area contributed by atoms with Gasteiger partial charge in [-0.2, -0.15) is 4.31 Å². The molecule has 12 heteroatoms. The van der Waals surface area contributed by atoms with E-state index in [4.69, 9.17) is 4.74 Å². The molecule has 1 aliphatic rings. The number of nitrogens with zero attached hydrogens (tertiary/aromatic N) is 2. The van der Waals surface area contributed by atoms with E-state index in [1.807, 2.05) is 0 Å². The number of amides is 2. The Balaban J connectivity index is 1.50. The predicted molar refractivity (Wildman–Crippen MR) is 118 cm³/mol. The van der Waals surface area contributed by atoms with Gasteiger partial charge in [0, 0.05) is 36.8 Å². The van der Waals surface area contributed by atoms with Gasteiger partial charge in [-0.3, -0.25) is 19.7 Å². The van der Waals surface area contributed by atoms with Crippen LogP contribution >= 0.6 is 0 Å². The Morgan fingerprint density at radius 1 is 1.09 bits per heavy atom. The lowest BCUT2D eigenvalue weighted by Gasteiger charge is -2.26. The van der Waals surface area contributed by atoms with E-state index in [0.29, 0.717) is 37.4 Å². The minimum Gasteiger partial charge on any atom is -0.379 e. The lowest BCUT2D eigenvalue weighted by molar-refractivity contribution is -0.385. The first kappa shape index (κ1) is 24.3. The normalized spacial score (nSPS) is 14.5. The van der Waals surface area contributed by atoms with Crippen LogP contribution in [0.1, 0.15) is 21.5 Å². The molecule has 0 spiro atoms. The molecule has 0 bridgehead atoms. The second-order valence-corrected chi connectivity index (χ2v) is 9.32. The van der Waals surface area contributed by atoms with Gasteiger partial charge in [0.1, 0.15) is 0 Å². The minimum atomic E-state index is -3.59. The maximum absolute atomic E-state index is 12.6. The summed E-state index contributed by atoms with van der Waals surface area (Å²) in [5, 5.41) is 16.1. The third-order valence-corrected chi connectivity index (χ3v) is 7.01. The lowest BCUT2D eigenvalue weighted by Crippen LogP contribution is -2.40. The van der Waals surface area contributed by atoms with Crippen molar-refractivity contribution in [2.45, 2.75) is 18.4 Å². The van der Waals surface area contributed by atoms with Crippen LogP contribution in [0.25, 0.3) is 0 Å². The van der Waals surface area contributed by atoms with E-state index in [9.17, 15) is 28.1 Å². The number of carbonyl (C=O) groups is 2. The summed E-state index contributed by atoms with van der Waals surface area (Å²) in [5.74, 6) is -1.07. The Morgan fingerprint density at radius 3 is 2.39 bits per heavy atom. The Morgan fingerprint density at radius 2 is 1.76 bits per heavy atom. The summed E-state index contributed by atoms with van der Waals surface area (Å²) in [6.45, 7) is 2.73. The topological polar surface area (TPSA) is 148 Å². The van der Waals surface area contributed by atoms with Crippen LogP contribution in [-0.2, 0) is 26.1 Å². The molecule has 2 aromatic carbocycles. The number of carbonyl (C=O) groups excluding carboxylic acids is 2. The molecular weight excluding hydrogens is 452 g/mol. The van der Waals surface area contributed by atoms with E-state index in [-0.39, 0.29) is 29.2 Å². The average molecular weight is 477 g/mol. The second kappa shape index (κ2) is 10.5. The Bertz CT molecular complexity index is 1140. The summed E-state index contributed by atoms with van der Waals surface area (Å²) in [6.07, 6.45) is 0. The number of hydrogen-bond donors (Lipinski definition) is 2. The first-order valence-corrected chi connectivity index (χ1v) is 11.6. The van der Waals surface area contributed by atoms with Crippen molar-refractivity contribution in [2.24, 2.45) is 0 Å². The fraction of sp³-hybridized carbons (Fsp3) is 0.333. The molecule has 1 fully saturated rings. The van der Waals surface area contributed by atoms with E-state index in [0.717, 1.165) is 6.07 Å². The molecule has 33 heavy (non-hydrogen) atoms. The number of rotatable bonds is 8. The zero-order chi connectivity index (χ0) is 24.0. The molecule has 2 aromatic rings. The Labute approximate surface area is 190 Å². The first-order valence-electron chi connectivity index (χ1n) is 10.2. The van der Waals surface area contributed by atoms with E-state index < -0.39 is 26.8 Å². The fourth-order valence-electron chi connectivity index (χ4n) is 3.19. The zero-order valence-corrected chi connectivity index (χ0v) is 18.8. The molecule has 1 heterocycles. The molecule has 0 aliphatic carbocycles. The number of morpholine rings is 1. The smallest absolute Gasteiger partial charge is 0.273 e. The SMILES string of the molecule is Cc1ccc(C(=O)NCC(=O)NCc2ccc(S(=O)(=O)N3CCOCC3)cc2)cc1[N+](=O)[O-]. The van der Waals surface area contributed by atoms with Crippen LogP contribution in [0.4, 0.5) is 5.69 Å². The molecule has 0 atom stereocenters. The highest BCUT2D eigenvalue weighted by molar-refractivity contribution is 7.89. The molecule has 0 unspecified atom stereocenters. The Hall–Kier alpha value is -3.35. The molecule has 1 saturated heterocycles. The summed E-state index contributed by atoms with van der Waals surface area (Å²) in [5.41, 5.74) is 1.02. The summed E-state index contributed by atoms with van der Waals surface area (Å²) < 4.78 is 31.8. The highest BCUT2D eigenvalue weighted by Crippen LogP contribution is 2.19. The summed E-state index contributed by atoms with van der Waals surface area (Å²) in [6, 6.07) is 10.3. The van der Waals surface area contributed by atoms with Gasteiger partial charge in [0.25, 0.3) is 11.6 Å². The quantitative estimate of drug-likeness (QED) is 0.426. The molecular formula is C21H24N4O7S.